The van der Waals surface area contributed by atoms with Gasteiger partial charge < -0.3 is 9.64 Å². The SMILES string of the molecule is CC1CN(c2nc(NN)ncc2F)CCO1. The molecule has 0 spiro atoms. The lowest BCUT2D eigenvalue weighted by Crippen LogP contribution is -2.42. The summed E-state index contributed by atoms with van der Waals surface area (Å²) >= 11 is 0. The summed E-state index contributed by atoms with van der Waals surface area (Å²) in [5, 5.41) is 0. The van der Waals surface area contributed by atoms with Crippen molar-refractivity contribution in [1.29, 1.82) is 0 Å². The van der Waals surface area contributed by atoms with Crippen molar-refractivity contribution < 1.29 is 9.13 Å². The third-order valence-electron chi connectivity index (χ3n) is 2.40. The second kappa shape index (κ2) is 4.58. The summed E-state index contributed by atoms with van der Waals surface area (Å²) in [7, 11) is 0. The lowest BCUT2D eigenvalue weighted by atomic mass is 10.3. The van der Waals surface area contributed by atoms with E-state index in [0.717, 1.165) is 6.20 Å². The van der Waals surface area contributed by atoms with Gasteiger partial charge in [-0.1, -0.05) is 0 Å². The fourth-order valence-corrected chi connectivity index (χ4v) is 1.66. The number of morpholine rings is 1. The van der Waals surface area contributed by atoms with Crippen molar-refractivity contribution in [1.82, 2.24) is 9.97 Å². The number of nitrogen functional groups attached to an aromatic ring is 1. The topological polar surface area (TPSA) is 76.3 Å². The number of nitrogens with two attached hydrogens (primary N) is 1. The highest BCUT2D eigenvalue weighted by molar-refractivity contribution is 5.44. The van der Waals surface area contributed by atoms with Gasteiger partial charge in [0.05, 0.1) is 18.9 Å². The Bertz CT molecular complexity index is 375. The molecule has 1 fully saturated rings. The van der Waals surface area contributed by atoms with Crippen LogP contribution < -0.4 is 16.2 Å². The monoisotopic (exact) mass is 227 g/mol. The summed E-state index contributed by atoms with van der Waals surface area (Å²) in [6, 6.07) is 0. The molecule has 88 valence electrons. The summed E-state index contributed by atoms with van der Waals surface area (Å²) in [6.07, 6.45) is 1.18. The molecule has 1 aromatic heterocycles. The molecule has 0 bridgehead atoms. The Morgan fingerprint density at radius 3 is 3.19 bits per heavy atom. The highest BCUT2D eigenvalue weighted by Crippen LogP contribution is 2.19. The average molecular weight is 227 g/mol. The molecule has 0 saturated carbocycles. The minimum Gasteiger partial charge on any atom is -0.375 e. The zero-order valence-electron chi connectivity index (χ0n) is 8.98. The molecule has 0 aromatic carbocycles. The molecular weight excluding hydrogens is 213 g/mol. The van der Waals surface area contributed by atoms with Crippen molar-refractivity contribution in [2.75, 3.05) is 30.0 Å². The number of anilines is 2. The fraction of sp³-hybridized carbons (Fsp3) is 0.556. The highest BCUT2D eigenvalue weighted by Gasteiger charge is 2.21. The Kier molecular flexibility index (Phi) is 3.16. The van der Waals surface area contributed by atoms with E-state index in [1.54, 1.807) is 0 Å². The largest absolute Gasteiger partial charge is 0.375 e. The summed E-state index contributed by atoms with van der Waals surface area (Å²) in [5.74, 6) is 5.20. The van der Waals surface area contributed by atoms with Crippen LogP contribution in [0.2, 0.25) is 0 Å². The zero-order valence-corrected chi connectivity index (χ0v) is 8.98. The van der Waals surface area contributed by atoms with Gasteiger partial charge in [0.1, 0.15) is 0 Å². The Morgan fingerprint density at radius 2 is 2.50 bits per heavy atom. The molecule has 0 amide bonds. The summed E-state index contributed by atoms with van der Waals surface area (Å²) in [5.41, 5.74) is 2.30. The minimum absolute atomic E-state index is 0.0670. The van der Waals surface area contributed by atoms with Gasteiger partial charge in [-0.2, -0.15) is 4.98 Å². The number of halogens is 1. The number of hydrogen-bond donors (Lipinski definition) is 2. The molecule has 16 heavy (non-hydrogen) atoms. The van der Waals surface area contributed by atoms with Crippen molar-refractivity contribution in [2.45, 2.75) is 13.0 Å². The lowest BCUT2D eigenvalue weighted by Gasteiger charge is -2.32. The molecule has 2 heterocycles. The van der Waals surface area contributed by atoms with Gasteiger partial charge >= 0.3 is 0 Å². The van der Waals surface area contributed by atoms with Crippen LogP contribution in [0.1, 0.15) is 6.92 Å². The lowest BCUT2D eigenvalue weighted by molar-refractivity contribution is 0.0527. The van der Waals surface area contributed by atoms with E-state index in [-0.39, 0.29) is 17.9 Å². The molecule has 1 aliphatic rings. The molecule has 1 aliphatic heterocycles. The predicted molar refractivity (Wildman–Crippen MR) is 57.4 cm³/mol. The van der Waals surface area contributed by atoms with E-state index in [2.05, 4.69) is 15.4 Å². The molecule has 0 aliphatic carbocycles. The average Bonchev–Trinajstić information content (AvgIpc) is 2.30. The highest BCUT2D eigenvalue weighted by atomic mass is 19.1. The van der Waals surface area contributed by atoms with Crippen molar-refractivity contribution >= 4 is 11.8 Å². The van der Waals surface area contributed by atoms with E-state index < -0.39 is 5.82 Å². The molecule has 1 unspecified atom stereocenters. The molecular formula is C9H14FN5O. The molecule has 6 nitrogen and oxygen atoms in total. The number of ether oxygens (including phenoxy) is 1. The van der Waals surface area contributed by atoms with Crippen molar-refractivity contribution in [3.8, 4) is 0 Å². The standard InChI is InChI=1S/C9H14FN5O/c1-6-5-15(2-3-16-6)8-7(10)4-12-9(13-8)14-11/h4,6H,2-3,5,11H2,1H3,(H,12,13,14). The van der Waals surface area contributed by atoms with Gasteiger partial charge in [-0.05, 0) is 6.92 Å². The van der Waals surface area contributed by atoms with Crippen LogP contribution in [-0.4, -0.2) is 35.8 Å². The van der Waals surface area contributed by atoms with E-state index in [1.807, 2.05) is 11.8 Å². The molecule has 3 N–H and O–H groups in total. The maximum Gasteiger partial charge on any atom is 0.239 e. The second-order valence-corrected chi connectivity index (χ2v) is 3.64. The maximum atomic E-state index is 13.5. The summed E-state index contributed by atoms with van der Waals surface area (Å²) < 4.78 is 18.9. The molecule has 1 atom stereocenters. The summed E-state index contributed by atoms with van der Waals surface area (Å²) in [6.45, 7) is 3.73. The van der Waals surface area contributed by atoms with Crippen molar-refractivity contribution in [2.24, 2.45) is 5.84 Å². The number of hydrogen-bond acceptors (Lipinski definition) is 6. The third-order valence-corrected chi connectivity index (χ3v) is 2.40. The van der Waals surface area contributed by atoms with Crippen LogP contribution in [0.25, 0.3) is 0 Å². The molecule has 1 saturated heterocycles. The van der Waals surface area contributed by atoms with Gasteiger partial charge in [-0.3, -0.25) is 5.43 Å². The molecule has 0 radical (unpaired) electrons. The third kappa shape index (κ3) is 2.20. The van der Waals surface area contributed by atoms with Crippen LogP contribution in [0, 0.1) is 5.82 Å². The Labute approximate surface area is 92.6 Å². The van der Waals surface area contributed by atoms with Gasteiger partial charge in [0, 0.05) is 13.1 Å². The smallest absolute Gasteiger partial charge is 0.239 e. The first-order valence-corrected chi connectivity index (χ1v) is 5.06. The Hall–Kier alpha value is -1.47. The maximum absolute atomic E-state index is 13.5. The second-order valence-electron chi connectivity index (χ2n) is 3.64. The first-order chi connectivity index (χ1) is 7.70. The fourth-order valence-electron chi connectivity index (χ4n) is 1.66. The quantitative estimate of drug-likeness (QED) is 0.552. The van der Waals surface area contributed by atoms with Gasteiger partial charge in [0.15, 0.2) is 11.6 Å². The number of nitrogens with one attached hydrogen (secondary N) is 1. The Morgan fingerprint density at radius 1 is 1.69 bits per heavy atom. The molecule has 1 aromatic rings. The van der Waals surface area contributed by atoms with Crippen LogP contribution in [-0.2, 0) is 4.74 Å². The minimum atomic E-state index is -0.451. The van der Waals surface area contributed by atoms with Gasteiger partial charge in [-0.15, -0.1) is 0 Å². The molecule has 2 rings (SSSR count). The molecule has 7 heteroatoms. The van der Waals surface area contributed by atoms with Crippen molar-refractivity contribution in [3.05, 3.63) is 12.0 Å². The number of nitrogens with zero attached hydrogens (tertiary/aromatic N) is 3. The number of hydrazine groups is 1. The first kappa shape index (κ1) is 11.0. The van der Waals surface area contributed by atoms with Crippen LogP contribution in [0.5, 0.6) is 0 Å². The normalized spacial score (nSPS) is 20.9. The number of aromatic nitrogens is 2. The van der Waals surface area contributed by atoms with Gasteiger partial charge in [0.25, 0.3) is 0 Å². The van der Waals surface area contributed by atoms with E-state index in [9.17, 15) is 4.39 Å². The van der Waals surface area contributed by atoms with Crippen LogP contribution in [0.3, 0.4) is 0 Å². The predicted octanol–water partition coefficient (Wildman–Crippen LogP) is 0.126. The van der Waals surface area contributed by atoms with Crippen LogP contribution >= 0.6 is 0 Å². The van der Waals surface area contributed by atoms with E-state index in [1.165, 1.54) is 0 Å². The Balaban J connectivity index is 2.24. The van der Waals surface area contributed by atoms with Crippen LogP contribution in [0.15, 0.2) is 6.20 Å². The van der Waals surface area contributed by atoms with Crippen LogP contribution in [0.4, 0.5) is 16.2 Å². The van der Waals surface area contributed by atoms with E-state index in [0.29, 0.717) is 19.7 Å². The van der Waals surface area contributed by atoms with E-state index in [4.69, 9.17) is 10.6 Å². The summed E-state index contributed by atoms with van der Waals surface area (Å²) in [4.78, 5) is 9.51. The first-order valence-electron chi connectivity index (χ1n) is 5.06. The van der Waals surface area contributed by atoms with Gasteiger partial charge in [0.2, 0.25) is 5.95 Å². The van der Waals surface area contributed by atoms with Gasteiger partial charge in [-0.25, -0.2) is 15.2 Å². The number of rotatable bonds is 2. The van der Waals surface area contributed by atoms with Crippen molar-refractivity contribution in [3.63, 3.8) is 0 Å². The zero-order chi connectivity index (χ0) is 11.5. The van der Waals surface area contributed by atoms with E-state index >= 15 is 0 Å².